The van der Waals surface area contributed by atoms with E-state index in [0.717, 1.165) is 0 Å². The molecule has 0 spiro atoms. The first-order chi connectivity index (χ1) is 15.5. The van der Waals surface area contributed by atoms with Crippen LogP contribution in [-0.4, -0.2) is 32.0 Å². The zero-order chi connectivity index (χ0) is 22.5. The Morgan fingerprint density at radius 1 is 1.03 bits per heavy atom. The second-order valence-electron chi connectivity index (χ2n) is 6.55. The SMILES string of the molecule is COc1cc(/C=N\NC(=O)c2ccc3c(c2)OCO3)ccc1OC(=O)c1ccccc1Cl. The summed E-state index contributed by atoms with van der Waals surface area (Å²) in [5.41, 5.74) is 3.68. The van der Waals surface area contributed by atoms with Crippen LogP contribution in [0.3, 0.4) is 0 Å². The highest BCUT2D eigenvalue weighted by molar-refractivity contribution is 6.33. The molecule has 0 saturated carbocycles. The molecule has 0 aliphatic carbocycles. The van der Waals surface area contributed by atoms with Crippen LogP contribution >= 0.6 is 11.6 Å². The summed E-state index contributed by atoms with van der Waals surface area (Å²) in [6.45, 7) is 0.129. The Balaban J connectivity index is 1.42. The van der Waals surface area contributed by atoms with Crippen LogP contribution in [0.5, 0.6) is 23.0 Å². The van der Waals surface area contributed by atoms with Gasteiger partial charge in [0.2, 0.25) is 6.79 Å². The van der Waals surface area contributed by atoms with Gasteiger partial charge < -0.3 is 18.9 Å². The summed E-state index contributed by atoms with van der Waals surface area (Å²) in [7, 11) is 1.45. The summed E-state index contributed by atoms with van der Waals surface area (Å²) in [6, 6.07) is 16.3. The molecule has 0 atom stereocenters. The molecule has 3 aromatic rings. The quantitative estimate of drug-likeness (QED) is 0.262. The summed E-state index contributed by atoms with van der Waals surface area (Å²) < 4.78 is 21.2. The number of hydrogen-bond acceptors (Lipinski definition) is 7. The normalized spacial score (nSPS) is 11.9. The average Bonchev–Trinajstić information content (AvgIpc) is 3.28. The molecule has 0 saturated heterocycles. The van der Waals surface area contributed by atoms with Gasteiger partial charge >= 0.3 is 5.97 Å². The van der Waals surface area contributed by atoms with Gasteiger partial charge in [0, 0.05) is 5.56 Å². The van der Waals surface area contributed by atoms with Gasteiger partial charge in [0.1, 0.15) is 0 Å². The lowest BCUT2D eigenvalue weighted by molar-refractivity contribution is 0.0729. The van der Waals surface area contributed by atoms with Gasteiger partial charge in [-0.25, -0.2) is 10.2 Å². The minimum absolute atomic E-state index is 0.129. The van der Waals surface area contributed by atoms with E-state index >= 15 is 0 Å². The van der Waals surface area contributed by atoms with Gasteiger partial charge in [0.25, 0.3) is 5.91 Å². The number of amides is 1. The minimum atomic E-state index is -0.605. The summed E-state index contributed by atoms with van der Waals surface area (Å²) in [5, 5.41) is 4.25. The zero-order valence-corrected chi connectivity index (χ0v) is 17.6. The van der Waals surface area contributed by atoms with Crippen molar-refractivity contribution >= 4 is 29.7 Å². The number of nitrogens with zero attached hydrogens (tertiary/aromatic N) is 1. The van der Waals surface area contributed by atoms with Crippen molar-refractivity contribution in [2.75, 3.05) is 13.9 Å². The topological polar surface area (TPSA) is 95.5 Å². The molecule has 0 fully saturated rings. The van der Waals surface area contributed by atoms with Crippen molar-refractivity contribution in [2.24, 2.45) is 5.10 Å². The summed E-state index contributed by atoms with van der Waals surface area (Å²) in [5.74, 6) is 0.624. The van der Waals surface area contributed by atoms with Gasteiger partial charge in [0.15, 0.2) is 23.0 Å². The highest BCUT2D eigenvalue weighted by atomic mass is 35.5. The number of fused-ring (bicyclic) bond motifs is 1. The molecule has 9 heteroatoms. The molecule has 162 valence electrons. The number of hydrazone groups is 1. The molecule has 1 N–H and O–H groups in total. The van der Waals surface area contributed by atoms with E-state index in [1.807, 2.05) is 0 Å². The first-order valence-electron chi connectivity index (χ1n) is 9.43. The zero-order valence-electron chi connectivity index (χ0n) is 16.8. The van der Waals surface area contributed by atoms with Gasteiger partial charge in [-0.3, -0.25) is 4.79 Å². The number of rotatable bonds is 6. The van der Waals surface area contributed by atoms with Gasteiger partial charge in [-0.1, -0.05) is 23.7 Å². The van der Waals surface area contributed by atoms with Crippen molar-refractivity contribution in [1.29, 1.82) is 0 Å². The monoisotopic (exact) mass is 452 g/mol. The molecule has 8 nitrogen and oxygen atoms in total. The standard InChI is InChI=1S/C23H17ClN2O6/c1-29-20-10-14(6-8-19(20)32-23(28)16-4-2-3-5-17(16)24)12-25-26-22(27)15-7-9-18-21(11-15)31-13-30-18/h2-12H,13H2,1H3,(H,26,27)/b25-12-. The molecule has 0 radical (unpaired) electrons. The van der Waals surface area contributed by atoms with Crippen LogP contribution in [0, 0.1) is 0 Å². The van der Waals surface area contributed by atoms with Crippen LogP contribution in [0.25, 0.3) is 0 Å². The fourth-order valence-electron chi connectivity index (χ4n) is 2.90. The average molecular weight is 453 g/mol. The molecule has 1 aliphatic heterocycles. The van der Waals surface area contributed by atoms with E-state index in [1.54, 1.807) is 60.7 Å². The van der Waals surface area contributed by atoms with E-state index in [1.165, 1.54) is 13.3 Å². The third-order valence-corrected chi connectivity index (χ3v) is 4.83. The van der Waals surface area contributed by atoms with Gasteiger partial charge in [0.05, 0.1) is 23.9 Å². The van der Waals surface area contributed by atoms with Crippen molar-refractivity contribution in [3.8, 4) is 23.0 Å². The number of ether oxygens (including phenoxy) is 4. The van der Waals surface area contributed by atoms with E-state index in [9.17, 15) is 9.59 Å². The molecule has 0 bridgehead atoms. The molecule has 1 amide bonds. The molecule has 1 heterocycles. The lowest BCUT2D eigenvalue weighted by Gasteiger charge is -2.10. The van der Waals surface area contributed by atoms with E-state index < -0.39 is 11.9 Å². The molecular formula is C23H17ClN2O6. The Morgan fingerprint density at radius 2 is 1.84 bits per heavy atom. The van der Waals surface area contributed by atoms with E-state index in [0.29, 0.717) is 33.4 Å². The second kappa shape index (κ2) is 9.40. The molecule has 0 aromatic heterocycles. The number of benzene rings is 3. The highest BCUT2D eigenvalue weighted by Gasteiger charge is 2.17. The first-order valence-corrected chi connectivity index (χ1v) is 9.81. The van der Waals surface area contributed by atoms with Gasteiger partial charge in [-0.15, -0.1) is 0 Å². The van der Waals surface area contributed by atoms with Crippen LogP contribution in [0.4, 0.5) is 0 Å². The number of hydrogen-bond donors (Lipinski definition) is 1. The second-order valence-corrected chi connectivity index (χ2v) is 6.95. The molecule has 3 aromatic carbocycles. The van der Waals surface area contributed by atoms with E-state index in [-0.39, 0.29) is 18.1 Å². The van der Waals surface area contributed by atoms with Crippen LogP contribution in [0.15, 0.2) is 65.8 Å². The molecule has 4 rings (SSSR count). The van der Waals surface area contributed by atoms with Crippen LogP contribution < -0.4 is 24.4 Å². The lowest BCUT2D eigenvalue weighted by atomic mass is 10.2. The number of methoxy groups -OCH3 is 1. The number of esters is 1. The van der Waals surface area contributed by atoms with Crippen molar-refractivity contribution in [3.63, 3.8) is 0 Å². The predicted octanol–water partition coefficient (Wildman–Crippen LogP) is 4.06. The van der Waals surface area contributed by atoms with Crippen LogP contribution in [0.1, 0.15) is 26.3 Å². The fraction of sp³-hybridized carbons (Fsp3) is 0.0870. The van der Waals surface area contributed by atoms with Gasteiger partial charge in [-0.2, -0.15) is 5.10 Å². The lowest BCUT2D eigenvalue weighted by Crippen LogP contribution is -2.17. The van der Waals surface area contributed by atoms with Crippen molar-refractivity contribution in [1.82, 2.24) is 5.43 Å². The molecular weight excluding hydrogens is 436 g/mol. The third-order valence-electron chi connectivity index (χ3n) is 4.50. The fourth-order valence-corrected chi connectivity index (χ4v) is 3.11. The van der Waals surface area contributed by atoms with Crippen LogP contribution in [-0.2, 0) is 0 Å². The molecule has 32 heavy (non-hydrogen) atoms. The van der Waals surface area contributed by atoms with Crippen molar-refractivity contribution in [2.45, 2.75) is 0 Å². The predicted molar refractivity (Wildman–Crippen MR) is 117 cm³/mol. The maximum absolute atomic E-state index is 12.4. The number of carbonyl (C=O) groups is 2. The van der Waals surface area contributed by atoms with Crippen molar-refractivity contribution < 1.29 is 28.5 Å². The van der Waals surface area contributed by atoms with Crippen molar-refractivity contribution in [3.05, 3.63) is 82.4 Å². The van der Waals surface area contributed by atoms with E-state index in [2.05, 4.69) is 10.5 Å². The Morgan fingerprint density at radius 3 is 2.66 bits per heavy atom. The highest BCUT2D eigenvalue weighted by Crippen LogP contribution is 2.32. The molecule has 0 unspecified atom stereocenters. The maximum Gasteiger partial charge on any atom is 0.345 e. The third kappa shape index (κ3) is 4.65. The van der Waals surface area contributed by atoms with Crippen LogP contribution in [0.2, 0.25) is 5.02 Å². The molecule has 1 aliphatic rings. The Labute approximate surface area is 188 Å². The smallest absolute Gasteiger partial charge is 0.345 e. The van der Waals surface area contributed by atoms with Gasteiger partial charge in [-0.05, 0) is 54.1 Å². The number of carbonyl (C=O) groups excluding carboxylic acids is 2. The summed E-state index contributed by atoms with van der Waals surface area (Å²) in [6.07, 6.45) is 1.44. The summed E-state index contributed by atoms with van der Waals surface area (Å²) >= 11 is 6.04. The maximum atomic E-state index is 12.4. The largest absolute Gasteiger partial charge is 0.493 e. The Hall–Kier alpha value is -4.04. The summed E-state index contributed by atoms with van der Waals surface area (Å²) in [4.78, 5) is 24.7. The number of nitrogens with one attached hydrogen (secondary N) is 1. The van der Waals surface area contributed by atoms with E-state index in [4.69, 9.17) is 30.5 Å². The Kier molecular flexibility index (Phi) is 6.23. The minimum Gasteiger partial charge on any atom is -0.493 e. The number of halogens is 1. The first kappa shape index (κ1) is 21.2. The Bertz CT molecular complexity index is 1210.